The van der Waals surface area contributed by atoms with Crippen LogP contribution in [0.2, 0.25) is 0 Å². The van der Waals surface area contributed by atoms with Crippen LogP contribution >= 0.6 is 0 Å². The molecule has 4 nitrogen and oxygen atoms in total. The zero-order valence-electron chi connectivity index (χ0n) is 10.3. The summed E-state index contributed by atoms with van der Waals surface area (Å²) in [6.45, 7) is 0. The molecule has 0 spiro atoms. The molecule has 0 amide bonds. The summed E-state index contributed by atoms with van der Waals surface area (Å²) in [6.07, 6.45) is 0. The minimum absolute atomic E-state index is 0.195. The Morgan fingerprint density at radius 1 is 1.21 bits per heavy atom. The molecule has 0 saturated carbocycles. The van der Waals surface area contributed by atoms with Gasteiger partial charge in [0, 0.05) is 5.56 Å². The molecule has 0 saturated heterocycles. The van der Waals surface area contributed by atoms with Crippen LogP contribution in [0, 0.1) is 11.3 Å². The topological polar surface area (TPSA) is 70.3 Å². The highest BCUT2D eigenvalue weighted by atomic mass is 16.5. The summed E-state index contributed by atoms with van der Waals surface area (Å²) in [5, 5.41) is 17.8. The predicted octanol–water partition coefficient (Wildman–Crippen LogP) is 2.93. The van der Waals surface area contributed by atoms with Gasteiger partial charge in [0.15, 0.2) is 0 Å². The molecule has 0 radical (unpaired) electrons. The molecule has 19 heavy (non-hydrogen) atoms. The first-order chi connectivity index (χ1) is 9.15. The van der Waals surface area contributed by atoms with Gasteiger partial charge in [0.2, 0.25) is 0 Å². The van der Waals surface area contributed by atoms with Crippen molar-refractivity contribution in [1.29, 1.82) is 5.26 Å². The molecule has 4 heteroatoms. The van der Waals surface area contributed by atoms with Gasteiger partial charge in [0.25, 0.3) is 0 Å². The van der Waals surface area contributed by atoms with Crippen molar-refractivity contribution in [2.24, 2.45) is 0 Å². The average Bonchev–Trinajstić information content (AvgIpc) is 2.46. The van der Waals surface area contributed by atoms with Crippen LogP contribution in [0.1, 0.15) is 15.9 Å². The summed E-state index contributed by atoms with van der Waals surface area (Å²) < 4.78 is 5.23. The van der Waals surface area contributed by atoms with Gasteiger partial charge in [-0.15, -0.1) is 0 Å². The maximum Gasteiger partial charge on any atom is 0.335 e. The van der Waals surface area contributed by atoms with E-state index in [0.29, 0.717) is 16.9 Å². The monoisotopic (exact) mass is 253 g/mol. The molecule has 0 aliphatic rings. The van der Waals surface area contributed by atoms with Gasteiger partial charge in [-0.1, -0.05) is 12.1 Å². The van der Waals surface area contributed by atoms with E-state index in [1.807, 2.05) is 6.07 Å². The first kappa shape index (κ1) is 12.7. The number of ether oxygens (including phenoxy) is 1. The van der Waals surface area contributed by atoms with Gasteiger partial charge in [-0.3, -0.25) is 0 Å². The van der Waals surface area contributed by atoms with Crippen LogP contribution in [0.5, 0.6) is 5.75 Å². The van der Waals surface area contributed by atoms with Crippen molar-refractivity contribution in [2.75, 3.05) is 7.11 Å². The maximum atomic E-state index is 11.0. The van der Waals surface area contributed by atoms with Crippen LogP contribution in [0.15, 0.2) is 42.5 Å². The van der Waals surface area contributed by atoms with Crippen molar-refractivity contribution in [3.63, 3.8) is 0 Å². The Bertz CT molecular complexity index is 654. The van der Waals surface area contributed by atoms with Crippen LogP contribution in [-0.4, -0.2) is 18.2 Å². The molecule has 0 atom stereocenters. The minimum Gasteiger partial charge on any atom is -0.496 e. The third kappa shape index (κ3) is 2.55. The number of benzene rings is 2. The lowest BCUT2D eigenvalue weighted by molar-refractivity contribution is 0.0697. The maximum absolute atomic E-state index is 11.0. The molecule has 0 heterocycles. The molecule has 0 unspecified atom stereocenters. The minimum atomic E-state index is -0.988. The molecule has 0 aliphatic heterocycles. The number of methoxy groups -OCH3 is 1. The molecule has 0 bridgehead atoms. The highest BCUT2D eigenvalue weighted by Gasteiger charge is 2.10. The van der Waals surface area contributed by atoms with Crippen molar-refractivity contribution < 1.29 is 14.6 Å². The largest absolute Gasteiger partial charge is 0.496 e. The quantitative estimate of drug-likeness (QED) is 0.912. The molecule has 2 aromatic rings. The fraction of sp³-hybridized carbons (Fsp3) is 0.0667. The van der Waals surface area contributed by atoms with E-state index in [4.69, 9.17) is 15.1 Å². The van der Waals surface area contributed by atoms with Crippen molar-refractivity contribution in [1.82, 2.24) is 0 Å². The lowest BCUT2D eigenvalue weighted by Crippen LogP contribution is -1.97. The van der Waals surface area contributed by atoms with E-state index in [1.165, 1.54) is 13.2 Å². The highest BCUT2D eigenvalue weighted by molar-refractivity contribution is 5.90. The summed E-state index contributed by atoms with van der Waals surface area (Å²) in [5.41, 5.74) is 2.24. The molecule has 0 fully saturated rings. The zero-order chi connectivity index (χ0) is 13.8. The number of rotatable bonds is 3. The number of hydrogen-bond acceptors (Lipinski definition) is 3. The lowest BCUT2D eigenvalue weighted by Gasteiger charge is -2.09. The Balaban J connectivity index is 2.55. The van der Waals surface area contributed by atoms with E-state index in [-0.39, 0.29) is 5.56 Å². The molecular formula is C15H11NO3. The normalized spacial score (nSPS) is 9.68. The van der Waals surface area contributed by atoms with Crippen molar-refractivity contribution in [3.8, 4) is 22.9 Å². The van der Waals surface area contributed by atoms with Crippen molar-refractivity contribution in [3.05, 3.63) is 53.6 Å². The molecule has 1 N–H and O–H groups in total. The smallest absolute Gasteiger partial charge is 0.335 e. The average molecular weight is 253 g/mol. The zero-order valence-corrected chi connectivity index (χ0v) is 10.3. The van der Waals surface area contributed by atoms with E-state index >= 15 is 0 Å². The summed E-state index contributed by atoms with van der Waals surface area (Å²) in [5.74, 6) is -0.396. The Kier molecular flexibility index (Phi) is 3.48. The van der Waals surface area contributed by atoms with Gasteiger partial charge in [-0.2, -0.15) is 5.26 Å². The third-order valence-corrected chi connectivity index (χ3v) is 2.77. The van der Waals surface area contributed by atoms with Gasteiger partial charge in [0.1, 0.15) is 5.75 Å². The van der Waals surface area contributed by atoms with Crippen LogP contribution in [-0.2, 0) is 0 Å². The second-order valence-electron chi connectivity index (χ2n) is 3.91. The fourth-order valence-corrected chi connectivity index (χ4v) is 1.79. The summed E-state index contributed by atoms with van der Waals surface area (Å²) in [7, 11) is 1.53. The number of hydrogen-bond donors (Lipinski definition) is 1. The van der Waals surface area contributed by atoms with E-state index in [9.17, 15) is 4.79 Å². The number of carboxylic acids is 1. The molecule has 2 rings (SSSR count). The Labute approximate surface area is 110 Å². The number of aromatic carboxylic acids is 1. The Hall–Kier alpha value is -2.80. The fourth-order valence-electron chi connectivity index (χ4n) is 1.79. The van der Waals surface area contributed by atoms with E-state index in [2.05, 4.69) is 0 Å². The van der Waals surface area contributed by atoms with Crippen LogP contribution in [0.25, 0.3) is 11.1 Å². The van der Waals surface area contributed by atoms with Crippen LogP contribution in [0.3, 0.4) is 0 Å². The van der Waals surface area contributed by atoms with Gasteiger partial charge in [-0.25, -0.2) is 4.79 Å². The van der Waals surface area contributed by atoms with Crippen molar-refractivity contribution >= 4 is 5.97 Å². The number of carboxylic acid groups (broad SMARTS) is 1. The Morgan fingerprint density at radius 2 is 1.89 bits per heavy atom. The number of nitrogens with zero attached hydrogens (tertiary/aromatic N) is 1. The van der Waals surface area contributed by atoms with Crippen LogP contribution in [0.4, 0.5) is 0 Å². The van der Waals surface area contributed by atoms with Crippen molar-refractivity contribution in [2.45, 2.75) is 0 Å². The number of carbonyl (C=O) groups is 1. The van der Waals surface area contributed by atoms with Crippen LogP contribution < -0.4 is 4.74 Å². The second-order valence-corrected chi connectivity index (χ2v) is 3.91. The SMILES string of the molecule is COc1ccc(C(=O)O)cc1-c1ccc(C#N)cc1. The van der Waals surface area contributed by atoms with Gasteiger partial charge >= 0.3 is 5.97 Å². The highest BCUT2D eigenvalue weighted by Crippen LogP contribution is 2.31. The standard InChI is InChI=1S/C15H11NO3/c1-19-14-7-6-12(15(17)18)8-13(14)11-4-2-10(9-16)3-5-11/h2-8H,1H3,(H,17,18). The lowest BCUT2D eigenvalue weighted by atomic mass is 10.0. The van der Waals surface area contributed by atoms with E-state index < -0.39 is 5.97 Å². The molecule has 2 aromatic carbocycles. The summed E-state index contributed by atoms with van der Waals surface area (Å²) in [4.78, 5) is 11.0. The summed E-state index contributed by atoms with van der Waals surface area (Å²) in [6, 6.07) is 13.6. The first-order valence-corrected chi connectivity index (χ1v) is 5.57. The van der Waals surface area contributed by atoms with Gasteiger partial charge in [-0.05, 0) is 35.9 Å². The Morgan fingerprint density at radius 3 is 2.42 bits per heavy atom. The predicted molar refractivity (Wildman–Crippen MR) is 70.1 cm³/mol. The van der Waals surface area contributed by atoms with Gasteiger partial charge < -0.3 is 9.84 Å². The van der Waals surface area contributed by atoms with E-state index in [1.54, 1.807) is 36.4 Å². The number of nitriles is 1. The third-order valence-electron chi connectivity index (χ3n) is 2.77. The molecule has 0 aromatic heterocycles. The molecule has 94 valence electrons. The second kappa shape index (κ2) is 5.23. The van der Waals surface area contributed by atoms with Gasteiger partial charge in [0.05, 0.1) is 24.3 Å². The van der Waals surface area contributed by atoms with E-state index in [0.717, 1.165) is 5.56 Å². The molecule has 0 aliphatic carbocycles. The first-order valence-electron chi connectivity index (χ1n) is 5.57. The summed E-state index contributed by atoms with van der Waals surface area (Å²) >= 11 is 0. The molecular weight excluding hydrogens is 242 g/mol.